The second-order valence-electron chi connectivity index (χ2n) is 6.66. The number of ether oxygens (including phenoxy) is 1. The van der Waals surface area contributed by atoms with Crippen LogP contribution in [0.1, 0.15) is 13.3 Å². The zero-order valence-corrected chi connectivity index (χ0v) is 15.9. The largest absolute Gasteiger partial charge is 0.497 e. The minimum atomic E-state index is -0.368. The molecule has 6 heteroatoms. The van der Waals surface area contributed by atoms with E-state index >= 15 is 0 Å². The summed E-state index contributed by atoms with van der Waals surface area (Å²) in [5.41, 5.74) is 2.56. The number of anilines is 3. The summed E-state index contributed by atoms with van der Waals surface area (Å²) in [5, 5.41) is 2.95. The zero-order chi connectivity index (χ0) is 19.4. The normalized spacial score (nSPS) is 16.3. The standard InChI is InChI=1S/C21H25N3O3/c1-4-23(2)18-7-5-6-16(13-18)22-21(26)15-12-20(25)24(14-15)17-8-10-19(27-3)11-9-17/h5-11,13,15H,4,12,14H2,1-3H3,(H,22,26)/t15-/m0/s1. The summed E-state index contributed by atoms with van der Waals surface area (Å²) in [5.74, 6) is 0.194. The molecular formula is C21H25N3O3. The van der Waals surface area contributed by atoms with Gasteiger partial charge in [0.15, 0.2) is 0 Å². The predicted molar refractivity (Wildman–Crippen MR) is 107 cm³/mol. The summed E-state index contributed by atoms with van der Waals surface area (Å²) < 4.78 is 5.15. The highest BCUT2D eigenvalue weighted by molar-refractivity contribution is 6.03. The summed E-state index contributed by atoms with van der Waals surface area (Å²) in [4.78, 5) is 28.8. The number of carbonyl (C=O) groups is 2. The van der Waals surface area contributed by atoms with Crippen molar-refractivity contribution in [2.45, 2.75) is 13.3 Å². The van der Waals surface area contributed by atoms with Gasteiger partial charge in [-0.05, 0) is 49.4 Å². The molecule has 27 heavy (non-hydrogen) atoms. The molecule has 3 rings (SSSR count). The lowest BCUT2D eigenvalue weighted by atomic mass is 10.1. The molecule has 0 radical (unpaired) electrons. The van der Waals surface area contributed by atoms with Crippen LogP contribution in [-0.4, -0.2) is 39.1 Å². The number of carbonyl (C=O) groups excluding carboxylic acids is 2. The fraction of sp³-hybridized carbons (Fsp3) is 0.333. The van der Waals surface area contributed by atoms with Crippen molar-refractivity contribution < 1.29 is 14.3 Å². The monoisotopic (exact) mass is 367 g/mol. The molecule has 0 unspecified atom stereocenters. The van der Waals surface area contributed by atoms with E-state index in [-0.39, 0.29) is 24.2 Å². The van der Waals surface area contributed by atoms with Crippen LogP contribution in [-0.2, 0) is 9.59 Å². The van der Waals surface area contributed by atoms with Gasteiger partial charge < -0.3 is 19.9 Å². The van der Waals surface area contributed by atoms with Gasteiger partial charge in [-0.3, -0.25) is 9.59 Å². The molecule has 2 aromatic carbocycles. The molecule has 2 aromatic rings. The van der Waals surface area contributed by atoms with E-state index in [1.165, 1.54) is 0 Å². The first-order valence-corrected chi connectivity index (χ1v) is 9.08. The Morgan fingerprint density at radius 1 is 1.26 bits per heavy atom. The molecule has 0 spiro atoms. The maximum atomic E-state index is 12.7. The smallest absolute Gasteiger partial charge is 0.229 e. The summed E-state index contributed by atoms with van der Waals surface area (Å²) in [6, 6.07) is 15.0. The maximum absolute atomic E-state index is 12.7. The van der Waals surface area contributed by atoms with Gasteiger partial charge in [0.2, 0.25) is 11.8 Å². The number of hydrogen-bond donors (Lipinski definition) is 1. The zero-order valence-electron chi connectivity index (χ0n) is 15.9. The van der Waals surface area contributed by atoms with E-state index < -0.39 is 0 Å². The van der Waals surface area contributed by atoms with E-state index in [1.807, 2.05) is 55.6 Å². The van der Waals surface area contributed by atoms with Gasteiger partial charge in [0, 0.05) is 43.6 Å². The van der Waals surface area contributed by atoms with Gasteiger partial charge in [0.05, 0.1) is 13.0 Å². The first-order valence-electron chi connectivity index (χ1n) is 9.08. The fourth-order valence-corrected chi connectivity index (χ4v) is 3.14. The van der Waals surface area contributed by atoms with Gasteiger partial charge in [0.1, 0.15) is 5.75 Å². The summed E-state index contributed by atoms with van der Waals surface area (Å²) >= 11 is 0. The minimum Gasteiger partial charge on any atom is -0.497 e. The molecule has 0 aromatic heterocycles. The Kier molecular flexibility index (Phi) is 5.64. The van der Waals surface area contributed by atoms with Crippen molar-refractivity contribution in [3.63, 3.8) is 0 Å². The maximum Gasteiger partial charge on any atom is 0.229 e. The third kappa shape index (κ3) is 4.22. The van der Waals surface area contributed by atoms with Gasteiger partial charge in [-0.2, -0.15) is 0 Å². The number of benzene rings is 2. The molecular weight excluding hydrogens is 342 g/mol. The predicted octanol–water partition coefficient (Wildman–Crippen LogP) is 3.14. The third-order valence-electron chi connectivity index (χ3n) is 4.91. The Morgan fingerprint density at radius 3 is 2.67 bits per heavy atom. The van der Waals surface area contributed by atoms with E-state index in [2.05, 4.69) is 17.1 Å². The Hall–Kier alpha value is -3.02. The molecule has 2 amide bonds. The van der Waals surface area contributed by atoms with Crippen LogP contribution >= 0.6 is 0 Å². The Balaban J connectivity index is 1.67. The first kappa shape index (κ1) is 18.8. The SMILES string of the molecule is CCN(C)c1cccc(NC(=O)[C@H]2CC(=O)N(c3ccc(OC)cc3)C2)c1. The van der Waals surface area contributed by atoms with Crippen molar-refractivity contribution in [3.8, 4) is 5.75 Å². The van der Waals surface area contributed by atoms with E-state index in [9.17, 15) is 9.59 Å². The second-order valence-corrected chi connectivity index (χ2v) is 6.66. The van der Waals surface area contributed by atoms with Crippen molar-refractivity contribution in [1.29, 1.82) is 0 Å². The molecule has 1 aliphatic rings. The van der Waals surface area contributed by atoms with Crippen molar-refractivity contribution in [1.82, 2.24) is 0 Å². The van der Waals surface area contributed by atoms with Crippen LogP contribution < -0.4 is 19.9 Å². The molecule has 0 bridgehead atoms. The van der Waals surface area contributed by atoms with Crippen LogP contribution in [0.25, 0.3) is 0 Å². The average Bonchev–Trinajstić information content (AvgIpc) is 3.09. The highest BCUT2D eigenvalue weighted by atomic mass is 16.5. The van der Waals surface area contributed by atoms with Gasteiger partial charge in [-0.15, -0.1) is 0 Å². The van der Waals surface area contributed by atoms with Gasteiger partial charge >= 0.3 is 0 Å². The first-order chi connectivity index (χ1) is 13.0. The Labute approximate surface area is 159 Å². The van der Waals surface area contributed by atoms with Crippen LogP contribution in [0.4, 0.5) is 17.1 Å². The molecule has 0 saturated carbocycles. The molecule has 1 N–H and O–H groups in total. The van der Waals surface area contributed by atoms with Crippen LogP contribution in [0.5, 0.6) is 5.75 Å². The molecule has 1 atom stereocenters. The minimum absolute atomic E-state index is 0.0419. The van der Waals surface area contributed by atoms with E-state index in [0.29, 0.717) is 6.54 Å². The quantitative estimate of drug-likeness (QED) is 0.852. The fourth-order valence-electron chi connectivity index (χ4n) is 3.14. The number of rotatable bonds is 6. The van der Waals surface area contributed by atoms with Crippen LogP contribution in [0.3, 0.4) is 0 Å². The van der Waals surface area contributed by atoms with E-state index in [1.54, 1.807) is 12.0 Å². The molecule has 1 saturated heterocycles. The lowest BCUT2D eigenvalue weighted by Crippen LogP contribution is -2.28. The van der Waals surface area contributed by atoms with Crippen LogP contribution in [0.2, 0.25) is 0 Å². The number of amides is 2. The van der Waals surface area contributed by atoms with Gasteiger partial charge in [-0.25, -0.2) is 0 Å². The average molecular weight is 367 g/mol. The molecule has 0 aliphatic carbocycles. The van der Waals surface area contributed by atoms with E-state index in [4.69, 9.17) is 4.74 Å². The van der Waals surface area contributed by atoms with Crippen molar-refractivity contribution in [2.24, 2.45) is 5.92 Å². The lowest BCUT2D eigenvalue weighted by Gasteiger charge is -2.19. The molecule has 6 nitrogen and oxygen atoms in total. The van der Waals surface area contributed by atoms with Crippen molar-refractivity contribution >= 4 is 28.9 Å². The second kappa shape index (κ2) is 8.12. The lowest BCUT2D eigenvalue weighted by molar-refractivity contribution is -0.122. The highest BCUT2D eigenvalue weighted by Crippen LogP contribution is 2.28. The van der Waals surface area contributed by atoms with E-state index in [0.717, 1.165) is 29.4 Å². The summed E-state index contributed by atoms with van der Waals surface area (Å²) in [6.45, 7) is 3.33. The van der Waals surface area contributed by atoms with Gasteiger partial charge in [0.25, 0.3) is 0 Å². The molecule has 142 valence electrons. The number of hydrogen-bond acceptors (Lipinski definition) is 4. The topological polar surface area (TPSA) is 61.9 Å². The van der Waals surface area contributed by atoms with Crippen molar-refractivity contribution in [3.05, 3.63) is 48.5 Å². The number of nitrogens with one attached hydrogen (secondary N) is 1. The Bertz CT molecular complexity index is 820. The number of methoxy groups -OCH3 is 1. The highest BCUT2D eigenvalue weighted by Gasteiger charge is 2.35. The molecule has 1 aliphatic heterocycles. The summed E-state index contributed by atoms with van der Waals surface area (Å²) in [6.07, 6.45) is 0.215. The Morgan fingerprint density at radius 2 is 2.00 bits per heavy atom. The van der Waals surface area contributed by atoms with Crippen LogP contribution in [0, 0.1) is 5.92 Å². The number of nitrogens with zero attached hydrogens (tertiary/aromatic N) is 2. The van der Waals surface area contributed by atoms with Crippen molar-refractivity contribution in [2.75, 3.05) is 42.4 Å². The van der Waals surface area contributed by atoms with Gasteiger partial charge in [-0.1, -0.05) is 6.07 Å². The molecule has 1 heterocycles. The summed E-state index contributed by atoms with van der Waals surface area (Å²) in [7, 11) is 3.60. The third-order valence-corrected chi connectivity index (χ3v) is 4.91. The van der Waals surface area contributed by atoms with Crippen LogP contribution in [0.15, 0.2) is 48.5 Å². The molecule has 1 fully saturated rings.